The minimum absolute atomic E-state index is 0.535. The van der Waals surface area contributed by atoms with Gasteiger partial charge in [0, 0.05) is 16.6 Å². The molecule has 1 unspecified atom stereocenters. The molecule has 0 spiro atoms. The molecule has 19 heavy (non-hydrogen) atoms. The van der Waals surface area contributed by atoms with Gasteiger partial charge in [0.1, 0.15) is 5.17 Å². The fourth-order valence-electron chi connectivity index (χ4n) is 2.06. The van der Waals surface area contributed by atoms with Gasteiger partial charge in [0.15, 0.2) is 6.56 Å². The Hall–Kier alpha value is -0.560. The second kappa shape index (κ2) is 6.26. The summed E-state index contributed by atoms with van der Waals surface area (Å²) in [6.45, 7) is 1.79. The summed E-state index contributed by atoms with van der Waals surface area (Å²) in [6.07, 6.45) is 2.77. The van der Waals surface area contributed by atoms with Crippen LogP contribution in [0.3, 0.4) is 0 Å². The van der Waals surface area contributed by atoms with E-state index in [1.807, 2.05) is 30.3 Å². The summed E-state index contributed by atoms with van der Waals surface area (Å²) < 4.78 is 9.26. The van der Waals surface area contributed by atoms with E-state index in [0.717, 1.165) is 35.8 Å². The first-order valence-electron chi connectivity index (χ1n) is 6.46. The minimum Gasteiger partial charge on any atom is -0.230 e. The molecule has 1 aromatic rings. The molecule has 1 aromatic carbocycles. The average Bonchev–Trinajstić information content (AvgIpc) is 2.40. The maximum absolute atomic E-state index is 6.69. The van der Waals surface area contributed by atoms with Crippen molar-refractivity contribution in [3.05, 3.63) is 41.6 Å². The largest absolute Gasteiger partial charge is 0.230 e. The molecular formula is C14H17Cl2N2P. The van der Waals surface area contributed by atoms with Crippen LogP contribution >= 0.6 is 29.4 Å². The minimum atomic E-state index is -2.41. The van der Waals surface area contributed by atoms with Crippen molar-refractivity contribution in [2.75, 3.05) is 0 Å². The zero-order valence-corrected chi connectivity index (χ0v) is 13.5. The quantitative estimate of drug-likeness (QED) is 0.637. The monoisotopic (exact) mass is 314 g/mol. The van der Waals surface area contributed by atoms with E-state index in [1.54, 1.807) is 0 Å². The molecule has 0 saturated heterocycles. The van der Waals surface area contributed by atoms with Crippen LogP contribution in [0.15, 0.2) is 51.1 Å². The van der Waals surface area contributed by atoms with Crippen LogP contribution in [-0.4, -0.2) is 5.17 Å². The lowest BCUT2D eigenvalue weighted by Gasteiger charge is -2.21. The summed E-state index contributed by atoms with van der Waals surface area (Å²) in [5.74, 6) is 0. The maximum atomic E-state index is 6.69. The highest BCUT2D eigenvalue weighted by atomic mass is 35.7. The Morgan fingerprint density at radius 1 is 1.16 bits per heavy atom. The Morgan fingerprint density at radius 3 is 2.42 bits per heavy atom. The third-order valence-electron chi connectivity index (χ3n) is 3.00. The molecule has 2 rings (SSSR count). The van der Waals surface area contributed by atoms with Gasteiger partial charge in [0.25, 0.3) is 0 Å². The van der Waals surface area contributed by atoms with E-state index in [2.05, 4.69) is 18.6 Å². The van der Waals surface area contributed by atoms with Gasteiger partial charge in [0.2, 0.25) is 0 Å². The average molecular weight is 315 g/mol. The van der Waals surface area contributed by atoms with E-state index in [4.69, 9.17) is 27.6 Å². The summed E-state index contributed by atoms with van der Waals surface area (Å²) in [6, 6.07) is 9.81. The first-order chi connectivity index (χ1) is 9.10. The Kier molecular flexibility index (Phi) is 4.89. The highest BCUT2D eigenvalue weighted by Crippen LogP contribution is 2.59. The molecule has 5 heteroatoms. The molecule has 1 heterocycles. The number of rotatable bonds is 4. The van der Waals surface area contributed by atoms with Gasteiger partial charge >= 0.3 is 0 Å². The molecular weight excluding hydrogens is 298 g/mol. The third-order valence-corrected chi connectivity index (χ3v) is 6.39. The number of nitrogens with zero attached hydrogens (tertiary/aromatic N) is 2. The molecule has 1 atom stereocenters. The van der Waals surface area contributed by atoms with Crippen LogP contribution in [0.2, 0.25) is 0 Å². The topological polar surface area (TPSA) is 24.7 Å². The Bertz CT molecular complexity index is 576. The van der Waals surface area contributed by atoms with Crippen LogP contribution in [0, 0.1) is 0 Å². The molecule has 0 aliphatic carbocycles. The van der Waals surface area contributed by atoms with Crippen LogP contribution in [0.25, 0.3) is 0 Å². The Labute approximate surface area is 124 Å². The van der Waals surface area contributed by atoms with Gasteiger partial charge < -0.3 is 0 Å². The van der Waals surface area contributed by atoms with Gasteiger partial charge in [-0.2, -0.15) is 0 Å². The number of allylic oxidation sites excluding steroid dienone is 2. The van der Waals surface area contributed by atoms with E-state index in [0.29, 0.717) is 5.17 Å². The molecule has 0 N–H and O–H groups in total. The van der Waals surface area contributed by atoms with Crippen LogP contribution in [0.4, 0.5) is 0 Å². The van der Waals surface area contributed by atoms with Crippen LogP contribution < -0.4 is 5.30 Å². The van der Waals surface area contributed by atoms with Crippen molar-refractivity contribution in [3.63, 3.8) is 0 Å². The number of hydrogen-bond acceptors (Lipinski definition) is 2. The summed E-state index contributed by atoms with van der Waals surface area (Å²) in [5.41, 5.74) is 2.06. The second-order valence-corrected chi connectivity index (χ2v) is 8.12. The lowest BCUT2D eigenvalue weighted by atomic mass is 10.1. The van der Waals surface area contributed by atoms with Crippen LogP contribution in [-0.2, 0) is 0 Å². The predicted octanol–water partition coefficient (Wildman–Crippen LogP) is 5.70. The van der Waals surface area contributed by atoms with Gasteiger partial charge in [-0.3, -0.25) is 0 Å². The first-order valence-corrected chi connectivity index (χ1v) is 9.44. The number of hydrogen-bond donors (Lipinski definition) is 0. The van der Waals surface area contributed by atoms with Crippen molar-refractivity contribution >= 4 is 39.9 Å². The van der Waals surface area contributed by atoms with Gasteiger partial charge in [-0.15, -0.1) is 0 Å². The zero-order chi connectivity index (χ0) is 13.9. The van der Waals surface area contributed by atoms with Crippen LogP contribution in [0.1, 0.15) is 33.1 Å². The van der Waals surface area contributed by atoms with Gasteiger partial charge in [-0.05, 0) is 24.1 Å². The lowest BCUT2D eigenvalue weighted by molar-refractivity contribution is 0.877. The highest BCUT2D eigenvalue weighted by molar-refractivity contribution is 7.96. The summed E-state index contributed by atoms with van der Waals surface area (Å²) in [7, 11) is 0. The first kappa shape index (κ1) is 14.8. The molecule has 102 valence electrons. The summed E-state index contributed by atoms with van der Waals surface area (Å²) in [4.78, 5) is 0. The van der Waals surface area contributed by atoms with E-state index in [9.17, 15) is 0 Å². The highest BCUT2D eigenvalue weighted by Gasteiger charge is 2.25. The summed E-state index contributed by atoms with van der Waals surface area (Å²) in [5, 5.41) is 1.49. The number of halogens is 2. The fourth-order valence-corrected chi connectivity index (χ4v) is 5.31. The Morgan fingerprint density at radius 2 is 1.84 bits per heavy atom. The molecule has 0 radical (unpaired) electrons. The van der Waals surface area contributed by atoms with Gasteiger partial charge in [-0.1, -0.05) is 62.2 Å². The molecule has 0 fully saturated rings. The molecule has 1 aliphatic rings. The van der Waals surface area contributed by atoms with Gasteiger partial charge in [-0.25, -0.2) is 9.51 Å². The standard InChI is InChI=1S/C14H17Cl2N2P/c1-3-8-13-12(4-2)14(15)18-19(16,17-13)11-9-6-5-7-10-11/h5-7,9-10H,3-4,8H2,1-2H3. The molecule has 1 aliphatic heterocycles. The van der Waals surface area contributed by atoms with Crippen molar-refractivity contribution in [2.24, 2.45) is 9.51 Å². The van der Waals surface area contributed by atoms with E-state index < -0.39 is 6.56 Å². The van der Waals surface area contributed by atoms with E-state index >= 15 is 0 Å². The predicted molar refractivity (Wildman–Crippen MR) is 86.8 cm³/mol. The maximum Gasteiger partial charge on any atom is 0.194 e. The molecule has 0 saturated carbocycles. The van der Waals surface area contributed by atoms with Crippen LogP contribution in [0.5, 0.6) is 0 Å². The number of benzene rings is 1. The van der Waals surface area contributed by atoms with Crippen molar-refractivity contribution in [2.45, 2.75) is 33.1 Å². The van der Waals surface area contributed by atoms with E-state index in [1.165, 1.54) is 0 Å². The third kappa shape index (κ3) is 3.13. The van der Waals surface area contributed by atoms with Crippen molar-refractivity contribution < 1.29 is 0 Å². The van der Waals surface area contributed by atoms with Crippen molar-refractivity contribution in [1.82, 2.24) is 0 Å². The SMILES string of the molecule is CCCC1=C(CC)C(Cl)=NP(Cl)(c2ccccc2)=N1. The van der Waals surface area contributed by atoms with E-state index in [-0.39, 0.29) is 0 Å². The second-order valence-electron chi connectivity index (χ2n) is 4.38. The summed E-state index contributed by atoms with van der Waals surface area (Å²) >= 11 is 13.0. The Balaban J connectivity index is 2.58. The fraction of sp³-hybridized carbons (Fsp3) is 0.357. The smallest absolute Gasteiger partial charge is 0.194 e. The van der Waals surface area contributed by atoms with Crippen molar-refractivity contribution in [3.8, 4) is 0 Å². The molecule has 0 amide bonds. The van der Waals surface area contributed by atoms with Crippen molar-refractivity contribution in [1.29, 1.82) is 0 Å². The molecule has 0 aromatic heterocycles. The molecule has 0 bridgehead atoms. The van der Waals surface area contributed by atoms with Gasteiger partial charge in [0.05, 0.1) is 0 Å². The molecule has 2 nitrogen and oxygen atoms in total. The zero-order valence-electron chi connectivity index (χ0n) is 11.1. The normalized spacial score (nSPS) is 23.1. The lowest BCUT2D eigenvalue weighted by Crippen LogP contribution is -2.07.